The summed E-state index contributed by atoms with van der Waals surface area (Å²) in [5, 5.41) is 6.34. The predicted octanol–water partition coefficient (Wildman–Crippen LogP) is 3.45. The molecule has 2 aromatic rings. The van der Waals surface area contributed by atoms with Crippen LogP contribution in [0.4, 0.5) is 4.39 Å². The van der Waals surface area contributed by atoms with E-state index in [1.165, 1.54) is 30.6 Å². The summed E-state index contributed by atoms with van der Waals surface area (Å²) >= 11 is 4.84. The molecule has 5 nitrogen and oxygen atoms in total. The fourth-order valence-corrected chi connectivity index (χ4v) is 3.08. The molecule has 0 spiro atoms. The Labute approximate surface area is 157 Å². The van der Waals surface area contributed by atoms with Gasteiger partial charge in [0.15, 0.2) is 10.8 Å². The monoisotopic (exact) mass is 425 g/mol. The van der Waals surface area contributed by atoms with Crippen LogP contribution in [-0.4, -0.2) is 35.8 Å². The number of benzene rings is 1. The van der Waals surface area contributed by atoms with E-state index >= 15 is 0 Å². The molecule has 0 unspecified atom stereocenters. The van der Waals surface area contributed by atoms with Crippen molar-refractivity contribution in [1.82, 2.24) is 10.3 Å². The zero-order chi connectivity index (χ0) is 18.2. The number of amidine groups is 1. The zero-order valence-electron chi connectivity index (χ0n) is 13.8. The first-order chi connectivity index (χ1) is 12.0. The first-order valence-corrected chi connectivity index (χ1v) is 9.35. The number of rotatable bonds is 3. The van der Waals surface area contributed by atoms with Crippen LogP contribution in [-0.2, 0) is 9.53 Å². The van der Waals surface area contributed by atoms with Crippen molar-refractivity contribution in [2.24, 2.45) is 4.99 Å². The van der Waals surface area contributed by atoms with Crippen molar-refractivity contribution < 1.29 is 13.9 Å². The van der Waals surface area contributed by atoms with E-state index in [1.54, 1.807) is 12.3 Å². The number of thiazole rings is 1. The third kappa shape index (κ3) is 5.47. The van der Waals surface area contributed by atoms with Gasteiger partial charge in [0.25, 0.3) is 0 Å². The average Bonchev–Trinajstić information content (AvgIpc) is 3.15. The molecule has 0 bridgehead atoms. The molecule has 0 aliphatic carbocycles. The number of alkyl halides is 1. The van der Waals surface area contributed by atoms with E-state index < -0.39 is 0 Å². The molecule has 132 valence electrons. The van der Waals surface area contributed by atoms with E-state index in [2.05, 4.69) is 31.2 Å². The number of aliphatic imine (C=N–C) groups is 1. The van der Waals surface area contributed by atoms with E-state index in [9.17, 15) is 9.18 Å². The fraction of sp³-hybridized carbons (Fsp3) is 0.235. The van der Waals surface area contributed by atoms with E-state index in [1.807, 2.05) is 18.4 Å². The topological polar surface area (TPSA) is 63.6 Å². The van der Waals surface area contributed by atoms with Crippen LogP contribution in [0.1, 0.15) is 10.6 Å². The fourth-order valence-electron chi connectivity index (χ4n) is 2.00. The minimum Gasteiger partial charge on any atom is -0.466 e. The van der Waals surface area contributed by atoms with E-state index in [-0.39, 0.29) is 11.8 Å². The van der Waals surface area contributed by atoms with Gasteiger partial charge in [0.1, 0.15) is 5.82 Å². The van der Waals surface area contributed by atoms with Crippen LogP contribution < -0.4 is 5.32 Å². The first-order valence-electron chi connectivity index (χ1n) is 7.35. The molecule has 0 saturated carbocycles. The number of nitrogens with one attached hydrogen (secondary N) is 1. The van der Waals surface area contributed by atoms with Gasteiger partial charge in [-0.25, -0.2) is 14.2 Å². The lowest BCUT2D eigenvalue weighted by Crippen LogP contribution is -2.32. The molecule has 8 heteroatoms. The quantitative estimate of drug-likeness (QED) is 0.604. The molecule has 0 radical (unpaired) electrons. The average molecular weight is 426 g/mol. The lowest BCUT2D eigenvalue weighted by molar-refractivity contribution is -0.136. The molecule has 0 fully saturated rings. The summed E-state index contributed by atoms with van der Waals surface area (Å²) < 4.78 is 16.9. The number of methoxy groups -OCH3 is 1. The van der Waals surface area contributed by atoms with Gasteiger partial charge in [0.2, 0.25) is 0 Å². The lowest BCUT2D eigenvalue weighted by Gasteiger charge is -2.18. The third-order valence-corrected chi connectivity index (χ3v) is 4.55. The Balaban J connectivity index is 0.000000236. The highest BCUT2D eigenvalue weighted by Gasteiger charge is 2.22. The number of nitrogens with zero attached hydrogens (tertiary/aromatic N) is 2. The SMILES string of the molecule is COC(=O)C1=C(CBr)NC(c2nccs2)=NC1.Cc1cccc(F)c1. The predicted molar refractivity (Wildman–Crippen MR) is 101 cm³/mol. The van der Waals surface area contributed by atoms with Crippen molar-refractivity contribution in [3.8, 4) is 0 Å². The van der Waals surface area contributed by atoms with Crippen molar-refractivity contribution in [1.29, 1.82) is 0 Å². The van der Waals surface area contributed by atoms with Gasteiger partial charge < -0.3 is 10.1 Å². The van der Waals surface area contributed by atoms with Crippen molar-refractivity contribution in [2.75, 3.05) is 19.0 Å². The molecule has 1 aliphatic heterocycles. The van der Waals surface area contributed by atoms with Crippen LogP contribution in [0.5, 0.6) is 0 Å². The second-order valence-electron chi connectivity index (χ2n) is 5.01. The molecule has 1 aromatic carbocycles. The van der Waals surface area contributed by atoms with Gasteiger partial charge in [0, 0.05) is 22.6 Å². The summed E-state index contributed by atoms with van der Waals surface area (Å²) in [5.74, 6) is 0.181. The molecule has 1 N–H and O–H groups in total. The lowest BCUT2D eigenvalue weighted by atomic mass is 10.2. The van der Waals surface area contributed by atoms with Crippen LogP contribution in [0.3, 0.4) is 0 Å². The summed E-state index contributed by atoms with van der Waals surface area (Å²) in [6.45, 7) is 2.18. The van der Waals surface area contributed by atoms with Crippen molar-refractivity contribution in [2.45, 2.75) is 6.92 Å². The Morgan fingerprint density at radius 3 is 2.80 bits per heavy atom. The molecule has 0 amide bonds. The van der Waals surface area contributed by atoms with Gasteiger partial charge in [-0.15, -0.1) is 11.3 Å². The minimum atomic E-state index is -0.353. The number of ether oxygens (including phenoxy) is 1. The van der Waals surface area contributed by atoms with Crippen LogP contribution in [0.25, 0.3) is 0 Å². The standard InChI is InChI=1S/C10H10BrN3O2S.C7H7F/c1-16-10(15)6-5-13-8(14-7(6)4-11)9-12-2-3-17-9;1-6-3-2-4-7(8)5-6/h2-3H,4-5H2,1H3,(H,13,14);2-5H,1H3. The largest absolute Gasteiger partial charge is 0.466 e. The van der Waals surface area contributed by atoms with Gasteiger partial charge in [-0.05, 0) is 24.6 Å². The van der Waals surface area contributed by atoms with Gasteiger partial charge in [0.05, 0.1) is 19.2 Å². The second-order valence-corrected chi connectivity index (χ2v) is 6.46. The number of carbonyl (C=O) groups is 1. The van der Waals surface area contributed by atoms with Crippen LogP contribution in [0.2, 0.25) is 0 Å². The highest BCUT2D eigenvalue weighted by molar-refractivity contribution is 9.09. The number of hydrogen-bond donors (Lipinski definition) is 1. The van der Waals surface area contributed by atoms with Gasteiger partial charge >= 0.3 is 5.97 Å². The van der Waals surface area contributed by atoms with Crippen molar-refractivity contribution >= 4 is 39.1 Å². The molecular formula is C17H17BrFN3O2S. The number of carbonyl (C=O) groups excluding carboxylic acids is 1. The van der Waals surface area contributed by atoms with Gasteiger partial charge in [-0.3, -0.25) is 4.99 Å². The summed E-state index contributed by atoms with van der Waals surface area (Å²) in [7, 11) is 1.36. The summed E-state index contributed by atoms with van der Waals surface area (Å²) in [6.07, 6.45) is 1.72. The number of hydrogen-bond acceptors (Lipinski definition) is 6. The van der Waals surface area contributed by atoms with Gasteiger partial charge in [-0.2, -0.15) is 0 Å². The summed E-state index contributed by atoms with van der Waals surface area (Å²) in [5.41, 5.74) is 2.28. The van der Waals surface area contributed by atoms with Crippen molar-refractivity contribution in [3.05, 3.63) is 63.5 Å². The molecule has 25 heavy (non-hydrogen) atoms. The zero-order valence-corrected chi connectivity index (χ0v) is 16.2. The Bertz CT molecular complexity index is 774. The van der Waals surface area contributed by atoms with Crippen LogP contribution >= 0.6 is 27.3 Å². The highest BCUT2D eigenvalue weighted by Crippen LogP contribution is 2.15. The molecule has 1 aliphatic rings. The maximum Gasteiger partial charge on any atom is 0.337 e. The molecule has 3 rings (SSSR count). The third-order valence-electron chi connectivity index (χ3n) is 3.21. The Kier molecular flexibility index (Phi) is 7.27. The molecular weight excluding hydrogens is 409 g/mol. The highest BCUT2D eigenvalue weighted by atomic mass is 79.9. The summed E-state index contributed by atoms with van der Waals surface area (Å²) in [4.78, 5) is 20.0. The Hall–Kier alpha value is -2.06. The molecule has 0 atom stereocenters. The Morgan fingerprint density at radius 2 is 2.28 bits per heavy atom. The van der Waals surface area contributed by atoms with E-state index in [0.29, 0.717) is 23.3 Å². The van der Waals surface area contributed by atoms with Crippen LogP contribution in [0.15, 0.2) is 52.1 Å². The second kappa shape index (κ2) is 9.43. The van der Waals surface area contributed by atoms with E-state index in [0.717, 1.165) is 16.3 Å². The maximum absolute atomic E-state index is 12.2. The number of halogens is 2. The maximum atomic E-state index is 12.2. The number of aryl methyl sites for hydroxylation is 1. The Morgan fingerprint density at radius 1 is 1.48 bits per heavy atom. The van der Waals surface area contributed by atoms with Gasteiger partial charge in [-0.1, -0.05) is 28.1 Å². The first kappa shape index (κ1) is 19.3. The smallest absolute Gasteiger partial charge is 0.337 e. The molecule has 2 heterocycles. The molecule has 1 aromatic heterocycles. The number of esters is 1. The van der Waals surface area contributed by atoms with E-state index in [4.69, 9.17) is 4.74 Å². The minimum absolute atomic E-state index is 0.162. The molecule has 0 saturated heterocycles. The van der Waals surface area contributed by atoms with Crippen molar-refractivity contribution in [3.63, 3.8) is 0 Å². The van der Waals surface area contributed by atoms with Crippen LogP contribution in [0, 0.1) is 12.7 Å². The summed E-state index contributed by atoms with van der Waals surface area (Å²) in [6, 6.07) is 6.50. The number of aromatic nitrogens is 1. The number of allylic oxidation sites excluding steroid dienone is 1. The normalized spacial score (nSPS) is 13.4.